The number of halogens is 1. The second-order valence-electron chi connectivity index (χ2n) is 8.64. The number of hydrogen-bond donors (Lipinski definition) is 1. The maximum absolute atomic E-state index is 13.8. The summed E-state index contributed by atoms with van der Waals surface area (Å²) in [7, 11) is 0. The number of nitro benzene ring substituents is 1. The van der Waals surface area contributed by atoms with E-state index in [-0.39, 0.29) is 5.56 Å². The highest BCUT2D eigenvalue weighted by molar-refractivity contribution is 7.07. The minimum Gasteiger partial charge on any atom is -0.502 e. The third kappa shape index (κ3) is 3.57. The fraction of sp³-hybridized carbons (Fsp3) is 0.111. The number of thiazole rings is 1. The van der Waals surface area contributed by atoms with Gasteiger partial charge in [0, 0.05) is 16.7 Å². The molecule has 6 rings (SSSR count). The molecule has 0 radical (unpaired) electrons. The highest BCUT2D eigenvalue weighted by Gasteiger charge is 2.33. The number of nitro groups is 1. The molecule has 3 aromatic carbocycles. The highest BCUT2D eigenvalue weighted by atomic mass is 35.5. The van der Waals surface area contributed by atoms with Crippen molar-refractivity contribution >= 4 is 40.4 Å². The Labute approximate surface area is 213 Å². The van der Waals surface area contributed by atoms with Crippen LogP contribution in [-0.4, -0.2) is 14.6 Å². The summed E-state index contributed by atoms with van der Waals surface area (Å²) in [5.41, 5.74) is 4.79. The molecule has 1 atom stereocenters. The molecule has 0 saturated heterocycles. The van der Waals surface area contributed by atoms with Crippen LogP contribution in [-0.2, 0) is 6.42 Å². The van der Waals surface area contributed by atoms with Crippen molar-refractivity contribution in [1.82, 2.24) is 4.57 Å². The molecule has 178 valence electrons. The fourth-order valence-corrected chi connectivity index (χ4v) is 6.16. The molecule has 0 bridgehead atoms. The van der Waals surface area contributed by atoms with Crippen molar-refractivity contribution in [3.63, 3.8) is 0 Å². The van der Waals surface area contributed by atoms with Crippen molar-refractivity contribution in [3.8, 4) is 5.75 Å². The number of aromatic nitrogens is 1. The summed E-state index contributed by atoms with van der Waals surface area (Å²) in [4.78, 5) is 29.8. The Kier molecular flexibility index (Phi) is 5.35. The number of hydrogen-bond acceptors (Lipinski definition) is 6. The van der Waals surface area contributed by atoms with E-state index in [9.17, 15) is 20.0 Å². The quantitative estimate of drug-likeness (QED) is 0.319. The van der Waals surface area contributed by atoms with Gasteiger partial charge in [0.1, 0.15) is 0 Å². The lowest BCUT2D eigenvalue weighted by molar-refractivity contribution is -0.385. The Bertz CT molecular complexity index is 1790. The molecule has 0 amide bonds. The largest absolute Gasteiger partial charge is 0.502 e. The molecule has 1 aromatic heterocycles. The molecule has 2 aliphatic rings. The van der Waals surface area contributed by atoms with Crippen molar-refractivity contribution in [2.45, 2.75) is 18.9 Å². The smallest absolute Gasteiger partial charge is 0.311 e. The third-order valence-corrected chi connectivity index (χ3v) is 7.89. The predicted molar refractivity (Wildman–Crippen MR) is 139 cm³/mol. The van der Waals surface area contributed by atoms with E-state index in [4.69, 9.17) is 16.6 Å². The van der Waals surface area contributed by atoms with E-state index in [1.54, 1.807) is 10.6 Å². The van der Waals surface area contributed by atoms with Crippen molar-refractivity contribution in [2.24, 2.45) is 4.99 Å². The topological polar surface area (TPSA) is 97.7 Å². The number of allylic oxidation sites excluding steroid dienone is 1. The normalized spacial score (nSPS) is 16.7. The van der Waals surface area contributed by atoms with Crippen LogP contribution >= 0.6 is 22.9 Å². The third-order valence-electron chi connectivity index (χ3n) is 6.57. The minimum atomic E-state index is -0.656. The number of fused-ring (bicyclic) bond motifs is 3. The van der Waals surface area contributed by atoms with Crippen molar-refractivity contribution in [3.05, 3.63) is 129 Å². The zero-order valence-corrected chi connectivity index (χ0v) is 20.3. The number of rotatable bonds is 3. The van der Waals surface area contributed by atoms with E-state index in [0.717, 1.165) is 35.2 Å². The summed E-state index contributed by atoms with van der Waals surface area (Å²) in [6, 6.07) is 19.3. The maximum atomic E-state index is 13.8. The van der Waals surface area contributed by atoms with Gasteiger partial charge < -0.3 is 5.11 Å². The number of aromatic hydroxyl groups is 1. The summed E-state index contributed by atoms with van der Waals surface area (Å²) < 4.78 is 2.07. The first kappa shape index (κ1) is 22.5. The van der Waals surface area contributed by atoms with Crippen LogP contribution in [0.25, 0.3) is 11.8 Å². The number of phenols is 1. The first-order valence-corrected chi connectivity index (χ1v) is 12.5. The molecular weight excluding hydrogens is 498 g/mol. The minimum absolute atomic E-state index is 0.246. The number of benzene rings is 3. The van der Waals surface area contributed by atoms with Crippen molar-refractivity contribution < 1.29 is 10.0 Å². The standard InChI is InChI=1S/C27H18ClN3O4S/c28-20-8-4-3-7-18(20)25-19-11-10-16-5-1-2-6-17(16)24(19)29-27-30(25)26(33)23(36-27)14-15-9-12-22(32)21(13-15)31(34)35/h1-9,12-14,25,32H,10-11H2/b23-14+/t25-/m0/s1. The number of phenolic OH excluding ortho intramolecular Hbond substituents is 1. The molecule has 36 heavy (non-hydrogen) atoms. The average molecular weight is 516 g/mol. The summed E-state index contributed by atoms with van der Waals surface area (Å²) >= 11 is 7.87. The Morgan fingerprint density at radius 2 is 1.89 bits per heavy atom. The number of aryl methyl sites for hydroxylation is 1. The van der Waals surface area contributed by atoms with Crippen LogP contribution in [0.15, 0.2) is 82.1 Å². The van der Waals surface area contributed by atoms with E-state index in [1.165, 1.54) is 35.1 Å². The van der Waals surface area contributed by atoms with Gasteiger partial charge in [-0.25, -0.2) is 4.99 Å². The second kappa shape index (κ2) is 8.58. The van der Waals surface area contributed by atoms with Crippen LogP contribution in [0.5, 0.6) is 5.75 Å². The SMILES string of the molecule is O=c1/c(=C\c2ccc(O)c([N+](=O)[O-])c2)sc2n1[C@@H](c1ccccc1Cl)C1=C(N=2)c2ccccc2CC1. The van der Waals surface area contributed by atoms with Crippen LogP contribution in [0.4, 0.5) is 5.69 Å². The molecule has 1 aliphatic heterocycles. The summed E-state index contributed by atoms with van der Waals surface area (Å²) in [5, 5.41) is 21.6. The zero-order valence-electron chi connectivity index (χ0n) is 18.7. The van der Waals surface area contributed by atoms with Gasteiger partial charge in [0.05, 0.1) is 21.2 Å². The lowest BCUT2D eigenvalue weighted by atomic mass is 9.83. The second-order valence-corrected chi connectivity index (χ2v) is 10.1. The lowest BCUT2D eigenvalue weighted by Gasteiger charge is -2.31. The lowest BCUT2D eigenvalue weighted by Crippen LogP contribution is -2.38. The zero-order chi connectivity index (χ0) is 25.0. The van der Waals surface area contributed by atoms with Crippen LogP contribution in [0.1, 0.15) is 34.7 Å². The van der Waals surface area contributed by atoms with Gasteiger partial charge in [0.25, 0.3) is 5.56 Å². The average Bonchev–Trinajstić information content (AvgIpc) is 3.18. The summed E-state index contributed by atoms with van der Waals surface area (Å²) in [5.74, 6) is -0.427. The molecule has 1 aliphatic carbocycles. The van der Waals surface area contributed by atoms with Crippen LogP contribution in [0.3, 0.4) is 0 Å². The van der Waals surface area contributed by atoms with Gasteiger partial charge in [-0.05, 0) is 53.3 Å². The molecule has 1 N–H and O–H groups in total. The summed E-state index contributed by atoms with van der Waals surface area (Å²) in [6.45, 7) is 0. The molecule has 9 heteroatoms. The predicted octanol–water partition coefficient (Wildman–Crippen LogP) is 4.59. The molecule has 0 saturated carbocycles. The van der Waals surface area contributed by atoms with E-state index < -0.39 is 22.4 Å². The van der Waals surface area contributed by atoms with Gasteiger partial charge >= 0.3 is 5.69 Å². The molecule has 0 fully saturated rings. The van der Waals surface area contributed by atoms with E-state index >= 15 is 0 Å². The highest BCUT2D eigenvalue weighted by Crippen LogP contribution is 2.42. The van der Waals surface area contributed by atoms with Gasteiger partial charge in [0.15, 0.2) is 10.6 Å². The van der Waals surface area contributed by atoms with Crippen LogP contribution < -0.4 is 14.9 Å². The van der Waals surface area contributed by atoms with Gasteiger partial charge in [0.2, 0.25) is 0 Å². The Hall–Kier alpha value is -4.01. The van der Waals surface area contributed by atoms with Gasteiger partial charge in [-0.1, -0.05) is 71.5 Å². The molecule has 0 unspecified atom stereocenters. The molecule has 4 aromatic rings. The van der Waals surface area contributed by atoms with Crippen molar-refractivity contribution in [2.75, 3.05) is 0 Å². The Morgan fingerprint density at radius 1 is 1.11 bits per heavy atom. The van der Waals surface area contributed by atoms with Gasteiger partial charge in [-0.15, -0.1) is 0 Å². The first-order chi connectivity index (χ1) is 17.4. The first-order valence-electron chi connectivity index (χ1n) is 11.3. The van der Waals surface area contributed by atoms with E-state index in [2.05, 4.69) is 12.1 Å². The van der Waals surface area contributed by atoms with E-state index in [1.807, 2.05) is 36.4 Å². The van der Waals surface area contributed by atoms with Gasteiger partial charge in [-0.2, -0.15) is 0 Å². The van der Waals surface area contributed by atoms with Crippen LogP contribution in [0, 0.1) is 10.1 Å². The van der Waals surface area contributed by atoms with Gasteiger partial charge in [-0.3, -0.25) is 19.5 Å². The molecule has 0 spiro atoms. The molecule has 2 heterocycles. The summed E-state index contributed by atoms with van der Waals surface area (Å²) in [6.07, 6.45) is 3.18. The van der Waals surface area contributed by atoms with Crippen LogP contribution in [0.2, 0.25) is 5.02 Å². The Morgan fingerprint density at radius 3 is 2.69 bits per heavy atom. The van der Waals surface area contributed by atoms with E-state index in [0.29, 0.717) is 19.9 Å². The molecular formula is C27H18ClN3O4S. The van der Waals surface area contributed by atoms with Crippen molar-refractivity contribution in [1.29, 1.82) is 0 Å². The fourth-order valence-electron chi connectivity index (χ4n) is 4.92. The Balaban J connectivity index is 1.62. The monoisotopic (exact) mass is 515 g/mol. The molecule has 7 nitrogen and oxygen atoms in total. The number of nitrogens with zero attached hydrogens (tertiary/aromatic N) is 3. The maximum Gasteiger partial charge on any atom is 0.311 e.